The monoisotopic (exact) mass is 455 g/mol. The van der Waals surface area contributed by atoms with E-state index in [0.29, 0.717) is 17.0 Å². The topological polar surface area (TPSA) is 54.5 Å². The number of pyridine rings is 1. The van der Waals surface area contributed by atoms with Gasteiger partial charge in [-0.3, -0.25) is 9.69 Å². The van der Waals surface area contributed by atoms with Crippen LogP contribution in [0.1, 0.15) is 41.5 Å². The number of likely N-dealkylation sites (tertiary alicyclic amines) is 1. The minimum atomic E-state index is -4.47. The summed E-state index contributed by atoms with van der Waals surface area (Å²) in [4.78, 5) is 18.7. The van der Waals surface area contributed by atoms with E-state index in [1.807, 2.05) is 0 Å². The SMILES string of the molecule is O=C(NCC(c1ccc(C(F)(F)F)cc1)N1CCC(F)(F)CC1)C1COc2ncccc21. The van der Waals surface area contributed by atoms with Crippen molar-refractivity contribution in [1.82, 2.24) is 15.2 Å². The molecule has 1 aromatic heterocycles. The molecule has 1 saturated heterocycles. The van der Waals surface area contributed by atoms with Gasteiger partial charge in [0.25, 0.3) is 5.92 Å². The Morgan fingerprint density at radius 2 is 1.88 bits per heavy atom. The average Bonchev–Trinajstić information content (AvgIpc) is 3.19. The number of ether oxygens (including phenoxy) is 1. The normalized spacial score (nSPS) is 21.5. The largest absolute Gasteiger partial charge is 0.476 e. The molecule has 0 saturated carbocycles. The highest BCUT2D eigenvalue weighted by Crippen LogP contribution is 2.35. The van der Waals surface area contributed by atoms with Gasteiger partial charge in [-0.2, -0.15) is 13.2 Å². The van der Waals surface area contributed by atoms with Gasteiger partial charge in [0.05, 0.1) is 11.6 Å². The first kappa shape index (κ1) is 22.4. The zero-order valence-corrected chi connectivity index (χ0v) is 17.0. The standard InChI is InChI=1S/C22H22F5N3O2/c23-21(24)7-10-30(11-8-21)18(14-3-5-15(6-4-14)22(25,26)27)12-29-19(31)17-13-32-20-16(17)2-1-9-28-20/h1-6,9,17-18H,7-8,10-13H2,(H,29,31). The van der Waals surface area contributed by atoms with Crippen LogP contribution in [0.5, 0.6) is 5.88 Å². The summed E-state index contributed by atoms with van der Waals surface area (Å²) in [6.07, 6.45) is -3.59. The van der Waals surface area contributed by atoms with Gasteiger partial charge in [-0.15, -0.1) is 0 Å². The van der Waals surface area contributed by atoms with Crippen LogP contribution in [-0.2, 0) is 11.0 Å². The van der Waals surface area contributed by atoms with Crippen molar-refractivity contribution < 1.29 is 31.5 Å². The van der Waals surface area contributed by atoms with E-state index >= 15 is 0 Å². The second-order valence-electron chi connectivity index (χ2n) is 8.03. The molecule has 1 N–H and O–H groups in total. The molecule has 32 heavy (non-hydrogen) atoms. The number of rotatable bonds is 5. The van der Waals surface area contributed by atoms with E-state index in [2.05, 4.69) is 10.3 Å². The van der Waals surface area contributed by atoms with E-state index in [1.165, 1.54) is 12.1 Å². The number of benzene rings is 1. The highest BCUT2D eigenvalue weighted by atomic mass is 19.4. The number of aromatic nitrogens is 1. The zero-order chi connectivity index (χ0) is 22.9. The van der Waals surface area contributed by atoms with Crippen LogP contribution in [0.25, 0.3) is 0 Å². The van der Waals surface area contributed by atoms with Crippen LogP contribution in [-0.4, -0.2) is 48.0 Å². The van der Waals surface area contributed by atoms with Crippen LogP contribution in [0.4, 0.5) is 22.0 Å². The van der Waals surface area contributed by atoms with Crippen LogP contribution < -0.4 is 10.1 Å². The number of fused-ring (bicyclic) bond motifs is 1. The van der Waals surface area contributed by atoms with E-state index in [-0.39, 0.29) is 45.0 Å². The summed E-state index contributed by atoms with van der Waals surface area (Å²) in [6, 6.07) is 7.53. The first-order valence-corrected chi connectivity index (χ1v) is 10.3. The molecule has 10 heteroatoms. The molecule has 1 aromatic carbocycles. The van der Waals surface area contributed by atoms with Crippen LogP contribution in [0, 0.1) is 0 Å². The molecule has 1 amide bonds. The van der Waals surface area contributed by atoms with Gasteiger partial charge in [0.15, 0.2) is 0 Å². The third-order valence-electron chi connectivity index (χ3n) is 5.94. The molecule has 3 heterocycles. The number of nitrogens with one attached hydrogen (secondary N) is 1. The predicted octanol–water partition coefficient (Wildman–Crippen LogP) is 4.17. The Bertz CT molecular complexity index is 955. The first-order chi connectivity index (χ1) is 15.1. The van der Waals surface area contributed by atoms with E-state index in [9.17, 15) is 26.7 Å². The molecule has 2 aliphatic rings. The van der Waals surface area contributed by atoms with Gasteiger partial charge in [0.1, 0.15) is 12.5 Å². The summed E-state index contributed by atoms with van der Waals surface area (Å²) >= 11 is 0. The molecule has 2 atom stereocenters. The lowest BCUT2D eigenvalue weighted by Crippen LogP contribution is -2.45. The molecule has 0 aliphatic carbocycles. The van der Waals surface area contributed by atoms with Gasteiger partial charge < -0.3 is 10.1 Å². The number of amides is 1. The second-order valence-corrected chi connectivity index (χ2v) is 8.03. The summed E-state index contributed by atoms with van der Waals surface area (Å²) in [5.41, 5.74) is 0.392. The number of carbonyl (C=O) groups excluding carboxylic acids is 1. The molecule has 0 radical (unpaired) electrons. The Balaban J connectivity index is 1.50. The average molecular weight is 455 g/mol. The van der Waals surface area contributed by atoms with Crippen LogP contribution in [0.3, 0.4) is 0 Å². The first-order valence-electron chi connectivity index (χ1n) is 10.3. The number of alkyl halides is 5. The lowest BCUT2D eigenvalue weighted by atomic mass is 9.98. The molecule has 2 unspecified atom stereocenters. The van der Waals surface area contributed by atoms with Crippen molar-refractivity contribution in [3.05, 3.63) is 59.3 Å². The Kier molecular flexibility index (Phi) is 6.07. The summed E-state index contributed by atoms with van der Waals surface area (Å²) in [7, 11) is 0. The van der Waals surface area contributed by atoms with E-state index in [0.717, 1.165) is 12.1 Å². The van der Waals surface area contributed by atoms with Gasteiger partial charge in [0, 0.05) is 44.2 Å². The fraction of sp³-hybridized carbons (Fsp3) is 0.455. The highest BCUT2D eigenvalue weighted by molar-refractivity contribution is 5.85. The zero-order valence-electron chi connectivity index (χ0n) is 17.0. The minimum Gasteiger partial charge on any atom is -0.476 e. The van der Waals surface area contributed by atoms with Crippen molar-refractivity contribution in [2.45, 2.75) is 36.9 Å². The van der Waals surface area contributed by atoms with Gasteiger partial charge in [-0.1, -0.05) is 18.2 Å². The fourth-order valence-corrected chi connectivity index (χ4v) is 4.09. The van der Waals surface area contributed by atoms with Crippen molar-refractivity contribution in [2.75, 3.05) is 26.2 Å². The number of carbonyl (C=O) groups is 1. The number of piperidine rings is 1. The van der Waals surface area contributed by atoms with Crippen molar-refractivity contribution >= 4 is 5.91 Å². The molecule has 5 nitrogen and oxygen atoms in total. The number of nitrogens with zero attached hydrogens (tertiary/aromatic N) is 2. The van der Waals surface area contributed by atoms with Crippen molar-refractivity contribution in [2.24, 2.45) is 0 Å². The quantitative estimate of drug-likeness (QED) is 0.688. The molecule has 2 aromatic rings. The van der Waals surface area contributed by atoms with Gasteiger partial charge in [0.2, 0.25) is 11.8 Å². The van der Waals surface area contributed by atoms with E-state index < -0.39 is 29.6 Å². The molecular weight excluding hydrogens is 433 g/mol. The minimum absolute atomic E-state index is 0.0713. The van der Waals surface area contributed by atoms with Crippen molar-refractivity contribution in [3.8, 4) is 5.88 Å². The summed E-state index contributed by atoms with van der Waals surface area (Å²) in [6.45, 7) is 0.364. The molecule has 2 aliphatic heterocycles. The summed E-state index contributed by atoms with van der Waals surface area (Å²) in [5.74, 6) is -3.23. The predicted molar refractivity (Wildman–Crippen MR) is 105 cm³/mol. The van der Waals surface area contributed by atoms with Crippen LogP contribution in [0.15, 0.2) is 42.6 Å². The summed E-state index contributed by atoms with van der Waals surface area (Å²) in [5, 5.41) is 2.83. The molecule has 0 bridgehead atoms. The number of hydrogen-bond donors (Lipinski definition) is 1. The molecule has 0 spiro atoms. The highest BCUT2D eigenvalue weighted by Gasteiger charge is 2.38. The van der Waals surface area contributed by atoms with Crippen molar-refractivity contribution in [3.63, 3.8) is 0 Å². The van der Waals surface area contributed by atoms with Crippen LogP contribution in [0.2, 0.25) is 0 Å². The fourth-order valence-electron chi connectivity index (χ4n) is 4.09. The molecule has 1 fully saturated rings. The maximum atomic E-state index is 13.6. The molecular formula is C22H22F5N3O2. The van der Waals surface area contributed by atoms with Gasteiger partial charge in [-0.05, 0) is 23.8 Å². The summed E-state index contributed by atoms with van der Waals surface area (Å²) < 4.78 is 71.5. The second kappa shape index (κ2) is 8.65. The van der Waals surface area contributed by atoms with Crippen molar-refractivity contribution in [1.29, 1.82) is 0 Å². The molecule has 172 valence electrons. The van der Waals surface area contributed by atoms with E-state index in [1.54, 1.807) is 23.2 Å². The third-order valence-corrected chi connectivity index (χ3v) is 5.94. The third kappa shape index (κ3) is 4.85. The lowest BCUT2D eigenvalue weighted by molar-refractivity contribution is -0.137. The Labute approximate surface area is 181 Å². The smallest absolute Gasteiger partial charge is 0.416 e. The Hall–Kier alpha value is -2.75. The number of hydrogen-bond acceptors (Lipinski definition) is 4. The maximum absolute atomic E-state index is 13.6. The number of halogens is 5. The van der Waals surface area contributed by atoms with Crippen LogP contribution >= 0.6 is 0 Å². The molecule has 4 rings (SSSR count). The Morgan fingerprint density at radius 1 is 1.19 bits per heavy atom. The lowest BCUT2D eigenvalue weighted by Gasteiger charge is -2.38. The maximum Gasteiger partial charge on any atom is 0.416 e. The van der Waals surface area contributed by atoms with Gasteiger partial charge in [-0.25, -0.2) is 13.8 Å². The van der Waals surface area contributed by atoms with E-state index in [4.69, 9.17) is 4.74 Å². The van der Waals surface area contributed by atoms with Gasteiger partial charge >= 0.3 is 6.18 Å². The Morgan fingerprint density at radius 3 is 2.53 bits per heavy atom.